The average Bonchev–Trinajstić information content (AvgIpc) is 3.26. The molecule has 28 heavy (non-hydrogen) atoms. The van der Waals surface area contributed by atoms with Gasteiger partial charge in [0.2, 0.25) is 0 Å². The van der Waals surface area contributed by atoms with Gasteiger partial charge in [0.05, 0.1) is 0 Å². The number of aromatic amines is 1. The van der Waals surface area contributed by atoms with Crippen molar-refractivity contribution in [2.75, 3.05) is 0 Å². The van der Waals surface area contributed by atoms with E-state index in [2.05, 4.69) is 29.0 Å². The molecule has 1 aliphatic rings. The number of Topliss-reactive ketones (excluding diaryl/α,β-unsaturated/α-hetero) is 1. The Hall–Kier alpha value is -2.88. The number of hydrogen-bond donors (Lipinski definition) is 1. The molecule has 0 unspecified atom stereocenters. The summed E-state index contributed by atoms with van der Waals surface area (Å²) in [7, 11) is 0. The van der Waals surface area contributed by atoms with E-state index >= 15 is 0 Å². The van der Waals surface area contributed by atoms with E-state index in [1.54, 1.807) is 6.20 Å². The SMILES string of the molecule is CCCc1c(O[C@@](C)(c2ccccc2)c2ncc[nH]2)ccc2c1CCCC2=O. The molecule has 0 saturated carbocycles. The van der Waals surface area contributed by atoms with Gasteiger partial charge in [0, 0.05) is 29.9 Å². The zero-order valence-electron chi connectivity index (χ0n) is 16.5. The highest BCUT2D eigenvalue weighted by Gasteiger charge is 2.35. The first-order valence-electron chi connectivity index (χ1n) is 10.1. The van der Waals surface area contributed by atoms with E-state index < -0.39 is 5.60 Å². The molecule has 0 radical (unpaired) electrons. The van der Waals surface area contributed by atoms with Crippen molar-refractivity contribution in [3.8, 4) is 5.75 Å². The summed E-state index contributed by atoms with van der Waals surface area (Å²) in [5.41, 5.74) is 3.50. The van der Waals surface area contributed by atoms with Crippen molar-refractivity contribution in [1.82, 2.24) is 9.97 Å². The van der Waals surface area contributed by atoms with Gasteiger partial charge in [0.25, 0.3) is 0 Å². The molecule has 3 aromatic rings. The Morgan fingerprint density at radius 3 is 2.68 bits per heavy atom. The van der Waals surface area contributed by atoms with Crippen molar-refractivity contribution in [2.24, 2.45) is 0 Å². The molecular weight excluding hydrogens is 348 g/mol. The first-order valence-corrected chi connectivity index (χ1v) is 10.1. The number of ketones is 1. The monoisotopic (exact) mass is 374 g/mol. The number of H-pyrrole nitrogens is 1. The van der Waals surface area contributed by atoms with Crippen molar-refractivity contribution in [2.45, 2.75) is 51.6 Å². The number of nitrogens with one attached hydrogen (secondary N) is 1. The molecule has 1 atom stereocenters. The van der Waals surface area contributed by atoms with Gasteiger partial charge in [-0.2, -0.15) is 0 Å². The third kappa shape index (κ3) is 3.24. The summed E-state index contributed by atoms with van der Waals surface area (Å²) >= 11 is 0. The Bertz CT molecular complexity index is 964. The van der Waals surface area contributed by atoms with Crippen LogP contribution in [0.3, 0.4) is 0 Å². The minimum atomic E-state index is -0.750. The molecule has 0 spiro atoms. The van der Waals surface area contributed by atoms with Crippen LogP contribution in [0, 0.1) is 0 Å². The van der Waals surface area contributed by atoms with Gasteiger partial charge in [-0.15, -0.1) is 0 Å². The number of fused-ring (bicyclic) bond motifs is 1. The van der Waals surface area contributed by atoms with Crippen LogP contribution in [0.2, 0.25) is 0 Å². The van der Waals surface area contributed by atoms with E-state index in [1.165, 1.54) is 11.1 Å². The Morgan fingerprint density at radius 1 is 1.14 bits per heavy atom. The number of aromatic nitrogens is 2. The van der Waals surface area contributed by atoms with E-state index in [0.717, 1.165) is 48.4 Å². The minimum absolute atomic E-state index is 0.252. The number of carbonyl (C=O) groups is 1. The number of rotatable bonds is 6. The summed E-state index contributed by atoms with van der Waals surface area (Å²) in [5.74, 6) is 1.86. The van der Waals surface area contributed by atoms with Gasteiger partial charge >= 0.3 is 0 Å². The van der Waals surface area contributed by atoms with Crippen LogP contribution >= 0.6 is 0 Å². The largest absolute Gasteiger partial charge is 0.475 e. The first kappa shape index (κ1) is 18.5. The van der Waals surface area contributed by atoms with Gasteiger partial charge in [0.15, 0.2) is 17.2 Å². The summed E-state index contributed by atoms with van der Waals surface area (Å²) in [6.45, 7) is 4.21. The fraction of sp³-hybridized carbons (Fsp3) is 0.333. The number of ether oxygens (including phenoxy) is 1. The van der Waals surface area contributed by atoms with E-state index in [4.69, 9.17) is 4.74 Å². The number of hydrogen-bond acceptors (Lipinski definition) is 3. The van der Waals surface area contributed by atoms with Crippen LogP contribution in [0.5, 0.6) is 5.75 Å². The van der Waals surface area contributed by atoms with Crippen molar-refractivity contribution in [1.29, 1.82) is 0 Å². The van der Waals surface area contributed by atoms with Gasteiger partial charge in [-0.3, -0.25) is 4.79 Å². The molecule has 0 saturated heterocycles. The van der Waals surface area contributed by atoms with Gasteiger partial charge in [-0.1, -0.05) is 43.7 Å². The summed E-state index contributed by atoms with van der Waals surface area (Å²) < 4.78 is 6.71. The number of imidazole rings is 1. The van der Waals surface area contributed by atoms with Crippen molar-refractivity contribution >= 4 is 5.78 Å². The lowest BCUT2D eigenvalue weighted by Crippen LogP contribution is -2.33. The van der Waals surface area contributed by atoms with Crippen LogP contribution in [0.4, 0.5) is 0 Å². The standard InChI is InChI=1S/C24H26N2O2/c1-3-8-20-18-11-7-12-21(27)19(18)13-14-22(20)28-24(2,23-25-15-16-26-23)17-9-5-4-6-10-17/h4-6,9-10,13-16H,3,7-8,11-12H2,1-2H3,(H,25,26)/t24-/m0/s1. The topological polar surface area (TPSA) is 55.0 Å². The van der Waals surface area contributed by atoms with Crippen LogP contribution in [-0.4, -0.2) is 15.8 Å². The quantitative estimate of drug-likeness (QED) is 0.643. The molecule has 4 nitrogen and oxygen atoms in total. The Balaban J connectivity index is 1.83. The third-order valence-corrected chi connectivity index (χ3v) is 5.61. The molecule has 4 rings (SSSR count). The number of nitrogens with zero attached hydrogens (tertiary/aromatic N) is 1. The molecule has 1 aromatic heterocycles. The van der Waals surface area contributed by atoms with Crippen LogP contribution in [-0.2, 0) is 18.4 Å². The first-order chi connectivity index (χ1) is 13.6. The highest BCUT2D eigenvalue weighted by Crippen LogP contribution is 2.38. The van der Waals surface area contributed by atoms with E-state index in [9.17, 15) is 4.79 Å². The van der Waals surface area contributed by atoms with Gasteiger partial charge in [0.1, 0.15) is 5.75 Å². The van der Waals surface area contributed by atoms with E-state index in [1.807, 2.05) is 43.5 Å². The second kappa shape index (κ2) is 7.63. The zero-order valence-corrected chi connectivity index (χ0v) is 16.5. The predicted molar refractivity (Wildman–Crippen MR) is 110 cm³/mol. The number of benzene rings is 2. The lowest BCUT2D eigenvalue weighted by Gasteiger charge is -2.32. The summed E-state index contributed by atoms with van der Waals surface area (Å²) in [6, 6.07) is 14.1. The molecule has 0 bridgehead atoms. The molecule has 0 amide bonds. The lowest BCUT2D eigenvalue weighted by atomic mass is 9.85. The molecule has 1 heterocycles. The molecule has 4 heteroatoms. The highest BCUT2D eigenvalue weighted by atomic mass is 16.5. The Morgan fingerprint density at radius 2 is 1.96 bits per heavy atom. The van der Waals surface area contributed by atoms with Crippen molar-refractivity contribution in [3.63, 3.8) is 0 Å². The maximum Gasteiger partial charge on any atom is 0.188 e. The van der Waals surface area contributed by atoms with Gasteiger partial charge in [-0.25, -0.2) is 4.98 Å². The average molecular weight is 374 g/mol. The van der Waals surface area contributed by atoms with Crippen LogP contribution in [0.15, 0.2) is 54.9 Å². The normalized spacial score (nSPS) is 15.7. The molecule has 1 aliphatic carbocycles. The second-order valence-corrected chi connectivity index (χ2v) is 7.53. The van der Waals surface area contributed by atoms with Crippen LogP contribution < -0.4 is 4.74 Å². The smallest absolute Gasteiger partial charge is 0.188 e. The minimum Gasteiger partial charge on any atom is -0.475 e. The Labute approximate surface area is 166 Å². The molecule has 144 valence electrons. The zero-order chi connectivity index (χ0) is 19.6. The fourth-order valence-electron chi connectivity index (χ4n) is 4.14. The van der Waals surface area contributed by atoms with Crippen LogP contribution in [0.1, 0.15) is 66.0 Å². The third-order valence-electron chi connectivity index (χ3n) is 5.61. The molecular formula is C24H26N2O2. The fourth-order valence-corrected chi connectivity index (χ4v) is 4.14. The maximum absolute atomic E-state index is 12.4. The van der Waals surface area contributed by atoms with Gasteiger partial charge < -0.3 is 9.72 Å². The molecule has 0 fully saturated rings. The highest BCUT2D eigenvalue weighted by molar-refractivity contribution is 5.99. The van der Waals surface area contributed by atoms with Crippen LogP contribution in [0.25, 0.3) is 0 Å². The van der Waals surface area contributed by atoms with E-state index in [-0.39, 0.29) is 5.78 Å². The lowest BCUT2D eigenvalue weighted by molar-refractivity contribution is 0.0971. The molecule has 0 aliphatic heterocycles. The summed E-state index contributed by atoms with van der Waals surface area (Å²) in [4.78, 5) is 20.1. The maximum atomic E-state index is 12.4. The molecule has 2 aromatic carbocycles. The molecule has 1 N–H and O–H groups in total. The predicted octanol–water partition coefficient (Wildman–Crippen LogP) is 5.22. The van der Waals surface area contributed by atoms with Crippen molar-refractivity contribution < 1.29 is 9.53 Å². The van der Waals surface area contributed by atoms with Crippen molar-refractivity contribution in [3.05, 3.63) is 82.9 Å². The second-order valence-electron chi connectivity index (χ2n) is 7.53. The van der Waals surface area contributed by atoms with Gasteiger partial charge in [-0.05, 0) is 49.4 Å². The number of carbonyl (C=O) groups excluding carboxylic acids is 1. The summed E-state index contributed by atoms with van der Waals surface area (Å²) in [6.07, 6.45) is 7.97. The van der Waals surface area contributed by atoms with E-state index in [0.29, 0.717) is 6.42 Å². The summed E-state index contributed by atoms with van der Waals surface area (Å²) in [5, 5.41) is 0. The Kier molecular flexibility index (Phi) is 5.03.